The maximum atomic E-state index is 12.9. The SMILES string of the molecule is CNc1cc(CN2CC(=O)N(c3ccc(SC(F)(F)F)cc3)C2=O)c2ccccc2n1. The molecule has 4 rings (SSSR count). The number of halogens is 3. The Morgan fingerprint density at radius 2 is 1.81 bits per heavy atom. The van der Waals surface area contributed by atoms with E-state index in [4.69, 9.17) is 0 Å². The Labute approximate surface area is 180 Å². The molecule has 3 aromatic rings. The number of hydrogen-bond donors (Lipinski definition) is 1. The average Bonchev–Trinajstić information content (AvgIpc) is 3.00. The Morgan fingerprint density at radius 3 is 2.48 bits per heavy atom. The first-order valence-corrected chi connectivity index (χ1v) is 10.1. The summed E-state index contributed by atoms with van der Waals surface area (Å²) in [7, 11) is 1.74. The summed E-state index contributed by atoms with van der Waals surface area (Å²) in [5, 5.41) is 3.86. The maximum Gasteiger partial charge on any atom is 0.446 e. The molecule has 6 nitrogen and oxygen atoms in total. The van der Waals surface area contributed by atoms with Crippen molar-refractivity contribution in [1.82, 2.24) is 9.88 Å². The zero-order valence-corrected chi connectivity index (χ0v) is 17.1. The molecule has 0 saturated carbocycles. The van der Waals surface area contributed by atoms with Crippen LogP contribution in [0.3, 0.4) is 0 Å². The van der Waals surface area contributed by atoms with E-state index in [-0.39, 0.29) is 35.4 Å². The summed E-state index contributed by atoms with van der Waals surface area (Å²) >= 11 is -0.250. The normalized spacial score (nSPS) is 14.6. The topological polar surface area (TPSA) is 65.5 Å². The number of fused-ring (bicyclic) bond motifs is 1. The van der Waals surface area contributed by atoms with Gasteiger partial charge in [-0.3, -0.25) is 4.79 Å². The number of rotatable bonds is 5. The molecule has 3 amide bonds. The van der Waals surface area contributed by atoms with Crippen LogP contribution in [0.1, 0.15) is 5.56 Å². The highest BCUT2D eigenvalue weighted by atomic mass is 32.2. The van der Waals surface area contributed by atoms with Gasteiger partial charge in [-0.15, -0.1) is 0 Å². The van der Waals surface area contributed by atoms with Crippen LogP contribution in [-0.2, 0) is 11.3 Å². The molecule has 1 saturated heterocycles. The predicted molar refractivity (Wildman–Crippen MR) is 113 cm³/mol. The van der Waals surface area contributed by atoms with Crippen molar-refractivity contribution >= 4 is 46.1 Å². The highest BCUT2D eigenvalue weighted by molar-refractivity contribution is 8.00. The van der Waals surface area contributed by atoms with E-state index in [0.717, 1.165) is 21.4 Å². The summed E-state index contributed by atoms with van der Waals surface area (Å²) < 4.78 is 37.6. The first-order valence-electron chi connectivity index (χ1n) is 9.29. The van der Waals surface area contributed by atoms with Gasteiger partial charge in [0.25, 0.3) is 5.91 Å². The van der Waals surface area contributed by atoms with E-state index < -0.39 is 17.4 Å². The van der Waals surface area contributed by atoms with Crippen LogP contribution >= 0.6 is 11.8 Å². The molecule has 1 fully saturated rings. The van der Waals surface area contributed by atoms with Crippen molar-refractivity contribution in [3.63, 3.8) is 0 Å². The van der Waals surface area contributed by atoms with Gasteiger partial charge in [-0.2, -0.15) is 13.2 Å². The number of para-hydroxylation sites is 1. The molecular formula is C21H17F3N4O2S. The van der Waals surface area contributed by atoms with Gasteiger partial charge < -0.3 is 10.2 Å². The number of nitrogens with zero attached hydrogens (tertiary/aromatic N) is 3. The van der Waals surface area contributed by atoms with Crippen LogP contribution in [0.2, 0.25) is 0 Å². The monoisotopic (exact) mass is 446 g/mol. The van der Waals surface area contributed by atoms with Crippen molar-refractivity contribution in [3.8, 4) is 0 Å². The predicted octanol–water partition coefficient (Wildman–Crippen LogP) is 4.86. The van der Waals surface area contributed by atoms with Gasteiger partial charge in [0.15, 0.2) is 0 Å². The first kappa shape index (κ1) is 21.0. The van der Waals surface area contributed by atoms with Crippen molar-refractivity contribution in [1.29, 1.82) is 0 Å². The zero-order chi connectivity index (χ0) is 22.2. The minimum atomic E-state index is -4.41. The van der Waals surface area contributed by atoms with Crippen molar-refractivity contribution in [2.45, 2.75) is 16.9 Å². The van der Waals surface area contributed by atoms with Gasteiger partial charge in [0.2, 0.25) is 0 Å². The van der Waals surface area contributed by atoms with Crippen molar-refractivity contribution < 1.29 is 22.8 Å². The van der Waals surface area contributed by atoms with Gasteiger partial charge in [0.05, 0.1) is 11.2 Å². The molecule has 0 atom stereocenters. The van der Waals surface area contributed by atoms with Gasteiger partial charge in [-0.05, 0) is 53.7 Å². The van der Waals surface area contributed by atoms with Crippen LogP contribution < -0.4 is 10.2 Å². The number of aromatic nitrogens is 1. The van der Waals surface area contributed by atoms with E-state index in [1.165, 1.54) is 29.2 Å². The van der Waals surface area contributed by atoms with Crippen molar-refractivity contribution in [2.24, 2.45) is 0 Å². The van der Waals surface area contributed by atoms with E-state index in [1.807, 2.05) is 30.3 Å². The zero-order valence-electron chi connectivity index (χ0n) is 16.3. The molecule has 1 aliphatic rings. The second-order valence-corrected chi connectivity index (χ2v) is 7.98. The van der Waals surface area contributed by atoms with E-state index in [1.54, 1.807) is 7.05 Å². The number of hydrogen-bond acceptors (Lipinski definition) is 5. The number of carbonyl (C=O) groups is 2. The van der Waals surface area contributed by atoms with Crippen LogP contribution in [-0.4, -0.2) is 40.9 Å². The number of imide groups is 1. The molecule has 160 valence electrons. The number of urea groups is 1. The second kappa shape index (κ2) is 8.10. The van der Waals surface area contributed by atoms with Crippen LogP contribution in [0.5, 0.6) is 0 Å². The number of pyridine rings is 1. The van der Waals surface area contributed by atoms with Gasteiger partial charge in [-0.1, -0.05) is 18.2 Å². The summed E-state index contributed by atoms with van der Waals surface area (Å²) in [6.07, 6.45) is 0. The fourth-order valence-electron chi connectivity index (χ4n) is 3.44. The Bertz CT molecular complexity index is 1150. The Kier molecular flexibility index (Phi) is 5.48. The smallest absolute Gasteiger partial charge is 0.373 e. The third-order valence-corrected chi connectivity index (χ3v) is 5.52. The van der Waals surface area contributed by atoms with Gasteiger partial charge >= 0.3 is 11.5 Å². The molecule has 1 aromatic heterocycles. The van der Waals surface area contributed by atoms with Crippen molar-refractivity contribution in [2.75, 3.05) is 23.8 Å². The number of anilines is 2. The molecule has 0 spiro atoms. The minimum Gasteiger partial charge on any atom is -0.373 e. The van der Waals surface area contributed by atoms with Gasteiger partial charge in [0.1, 0.15) is 12.4 Å². The summed E-state index contributed by atoms with van der Waals surface area (Å²) in [6.45, 7) is 0.0736. The molecular weight excluding hydrogens is 429 g/mol. The summed E-state index contributed by atoms with van der Waals surface area (Å²) in [4.78, 5) is 32.3. The fourth-order valence-corrected chi connectivity index (χ4v) is 3.98. The highest BCUT2D eigenvalue weighted by Crippen LogP contribution is 2.37. The average molecular weight is 446 g/mol. The molecule has 0 radical (unpaired) electrons. The quantitative estimate of drug-likeness (QED) is 0.448. The number of benzene rings is 2. The molecule has 31 heavy (non-hydrogen) atoms. The van der Waals surface area contributed by atoms with Crippen LogP contribution in [0.15, 0.2) is 59.5 Å². The summed E-state index contributed by atoms with van der Waals surface area (Å²) in [6, 6.07) is 14.0. The lowest BCUT2D eigenvalue weighted by atomic mass is 10.1. The molecule has 2 heterocycles. The highest BCUT2D eigenvalue weighted by Gasteiger charge is 2.37. The summed E-state index contributed by atoms with van der Waals surface area (Å²) in [5.74, 6) is 0.203. The summed E-state index contributed by atoms with van der Waals surface area (Å²) in [5.41, 5.74) is -2.58. The van der Waals surface area contributed by atoms with Crippen LogP contribution in [0.4, 0.5) is 29.5 Å². The molecule has 2 aromatic carbocycles. The lowest BCUT2D eigenvalue weighted by molar-refractivity contribution is -0.116. The first-order chi connectivity index (χ1) is 14.7. The molecule has 0 unspecified atom stereocenters. The largest absolute Gasteiger partial charge is 0.446 e. The van der Waals surface area contributed by atoms with E-state index in [2.05, 4.69) is 10.3 Å². The third-order valence-electron chi connectivity index (χ3n) is 4.79. The molecule has 0 aliphatic carbocycles. The van der Waals surface area contributed by atoms with E-state index in [0.29, 0.717) is 5.82 Å². The second-order valence-electron chi connectivity index (χ2n) is 6.84. The third kappa shape index (κ3) is 4.43. The van der Waals surface area contributed by atoms with E-state index >= 15 is 0 Å². The van der Waals surface area contributed by atoms with Crippen LogP contribution in [0.25, 0.3) is 10.9 Å². The number of carbonyl (C=O) groups excluding carboxylic acids is 2. The maximum absolute atomic E-state index is 12.9. The number of amides is 3. The minimum absolute atomic E-state index is 0.0185. The molecule has 1 aliphatic heterocycles. The van der Waals surface area contributed by atoms with Gasteiger partial charge in [-0.25, -0.2) is 14.7 Å². The lowest BCUT2D eigenvalue weighted by Gasteiger charge is -2.19. The molecule has 1 N–H and O–H groups in total. The molecule has 10 heteroatoms. The van der Waals surface area contributed by atoms with Crippen LogP contribution in [0, 0.1) is 0 Å². The Morgan fingerprint density at radius 1 is 1.10 bits per heavy atom. The van der Waals surface area contributed by atoms with Gasteiger partial charge in [0, 0.05) is 23.9 Å². The van der Waals surface area contributed by atoms with Crippen molar-refractivity contribution in [3.05, 3.63) is 60.2 Å². The standard InChI is InChI=1S/C21H17F3N4O2S/c1-25-18-10-13(16-4-2-3-5-17(16)26-18)11-27-12-19(29)28(20(27)30)14-6-8-15(9-7-14)31-21(22,23)24/h2-10H,11-12H2,1H3,(H,25,26). The number of thioether (sulfide) groups is 1. The Hall–Kier alpha value is -3.27. The molecule has 0 bridgehead atoms. The number of nitrogens with one attached hydrogen (secondary N) is 1. The van der Waals surface area contributed by atoms with E-state index in [9.17, 15) is 22.8 Å². The Balaban J connectivity index is 1.57. The fraction of sp³-hybridized carbons (Fsp3) is 0.190. The lowest BCUT2D eigenvalue weighted by Crippen LogP contribution is -2.32. The number of alkyl halides is 3.